The molecule has 2 aromatic rings. The predicted octanol–water partition coefficient (Wildman–Crippen LogP) is 2.55. The minimum absolute atomic E-state index is 0.493. The molecular formula is C16H23N3O. The van der Waals surface area contributed by atoms with Gasteiger partial charge in [-0.05, 0) is 37.6 Å². The van der Waals surface area contributed by atoms with Gasteiger partial charge in [0.25, 0.3) is 0 Å². The number of anilines is 1. The number of aromatic nitrogens is 2. The minimum atomic E-state index is -0.493. The number of hydrogen-bond acceptors (Lipinski definition) is 3. The van der Waals surface area contributed by atoms with E-state index < -0.39 is 6.10 Å². The van der Waals surface area contributed by atoms with E-state index in [1.54, 1.807) is 0 Å². The number of aliphatic hydroxyl groups is 1. The summed E-state index contributed by atoms with van der Waals surface area (Å²) in [6.07, 6.45) is 0.100. The van der Waals surface area contributed by atoms with Gasteiger partial charge in [0.15, 0.2) is 0 Å². The molecule has 1 unspecified atom stereocenters. The molecule has 4 heteroatoms. The van der Waals surface area contributed by atoms with Gasteiger partial charge in [0.1, 0.15) is 0 Å². The van der Waals surface area contributed by atoms with Crippen molar-refractivity contribution in [3.05, 3.63) is 47.3 Å². The van der Waals surface area contributed by atoms with Crippen LogP contribution in [0.4, 0.5) is 5.69 Å². The summed E-state index contributed by atoms with van der Waals surface area (Å²) in [5.74, 6) is 0. The molecule has 2 rings (SSSR count). The number of hydrogen-bond donors (Lipinski definition) is 1. The Bertz CT molecular complexity index is 558. The van der Waals surface area contributed by atoms with Crippen molar-refractivity contribution in [2.45, 2.75) is 32.9 Å². The molecule has 1 heterocycles. The van der Waals surface area contributed by atoms with Gasteiger partial charge in [-0.3, -0.25) is 4.68 Å². The summed E-state index contributed by atoms with van der Waals surface area (Å²) in [5.41, 5.74) is 4.15. The summed E-state index contributed by atoms with van der Waals surface area (Å²) < 4.78 is 1.95. The van der Waals surface area contributed by atoms with E-state index in [9.17, 15) is 5.11 Å². The first-order chi connectivity index (χ1) is 9.51. The van der Waals surface area contributed by atoms with Crippen LogP contribution in [-0.2, 0) is 13.0 Å². The van der Waals surface area contributed by atoms with Crippen LogP contribution in [0, 0.1) is 6.92 Å². The molecule has 0 aliphatic rings. The summed E-state index contributed by atoms with van der Waals surface area (Å²) >= 11 is 0. The summed E-state index contributed by atoms with van der Waals surface area (Å²) in [6.45, 7) is 4.87. The Morgan fingerprint density at radius 3 is 2.45 bits per heavy atom. The molecular weight excluding hydrogens is 250 g/mol. The molecule has 1 aromatic carbocycles. The van der Waals surface area contributed by atoms with E-state index in [2.05, 4.69) is 12.0 Å². The first kappa shape index (κ1) is 14.6. The Balaban J connectivity index is 2.13. The fraction of sp³-hybridized carbons (Fsp3) is 0.438. The Morgan fingerprint density at radius 2 is 1.90 bits per heavy atom. The highest BCUT2D eigenvalue weighted by molar-refractivity contribution is 5.46. The first-order valence-electron chi connectivity index (χ1n) is 7.00. The van der Waals surface area contributed by atoms with Gasteiger partial charge in [-0.1, -0.05) is 12.1 Å². The van der Waals surface area contributed by atoms with Crippen LogP contribution in [0.5, 0.6) is 0 Å². The molecule has 4 nitrogen and oxygen atoms in total. The van der Waals surface area contributed by atoms with Gasteiger partial charge in [-0.25, -0.2) is 0 Å². The third-order valence-corrected chi connectivity index (χ3v) is 3.48. The highest BCUT2D eigenvalue weighted by Crippen LogP contribution is 2.21. The maximum atomic E-state index is 10.4. The average Bonchev–Trinajstić information content (AvgIpc) is 2.78. The second kappa shape index (κ2) is 6.09. The summed E-state index contributed by atoms with van der Waals surface area (Å²) in [7, 11) is 4.02. The molecule has 0 aliphatic carbocycles. The van der Waals surface area contributed by atoms with E-state index in [1.807, 2.05) is 60.9 Å². The zero-order valence-electron chi connectivity index (χ0n) is 12.7. The molecule has 0 bridgehead atoms. The van der Waals surface area contributed by atoms with E-state index in [0.29, 0.717) is 6.42 Å². The van der Waals surface area contributed by atoms with E-state index in [1.165, 1.54) is 0 Å². The predicted molar refractivity (Wildman–Crippen MR) is 82.1 cm³/mol. The molecule has 1 aromatic heterocycles. The highest BCUT2D eigenvalue weighted by Gasteiger charge is 2.13. The van der Waals surface area contributed by atoms with E-state index >= 15 is 0 Å². The number of rotatable bonds is 5. The topological polar surface area (TPSA) is 41.3 Å². The summed E-state index contributed by atoms with van der Waals surface area (Å²) in [5, 5.41) is 14.8. The van der Waals surface area contributed by atoms with Crippen LogP contribution >= 0.6 is 0 Å². The molecule has 108 valence electrons. The Hall–Kier alpha value is -1.81. The van der Waals surface area contributed by atoms with Gasteiger partial charge in [-0.15, -0.1) is 0 Å². The SMILES string of the molecule is CCn1nc(C)cc1CC(O)c1ccc(N(C)C)cc1. The smallest absolute Gasteiger partial charge is 0.0845 e. The second-order valence-corrected chi connectivity index (χ2v) is 5.30. The zero-order chi connectivity index (χ0) is 14.7. The van der Waals surface area contributed by atoms with Crippen molar-refractivity contribution in [1.29, 1.82) is 0 Å². The van der Waals surface area contributed by atoms with E-state index in [0.717, 1.165) is 29.2 Å². The van der Waals surface area contributed by atoms with Gasteiger partial charge in [-0.2, -0.15) is 5.10 Å². The molecule has 1 atom stereocenters. The van der Waals surface area contributed by atoms with Crippen LogP contribution in [-0.4, -0.2) is 29.0 Å². The average molecular weight is 273 g/mol. The zero-order valence-corrected chi connectivity index (χ0v) is 12.7. The van der Waals surface area contributed by atoms with Crippen LogP contribution in [0.25, 0.3) is 0 Å². The van der Waals surface area contributed by atoms with Crippen molar-refractivity contribution in [3.8, 4) is 0 Å². The third-order valence-electron chi connectivity index (χ3n) is 3.48. The molecule has 1 N–H and O–H groups in total. The molecule has 20 heavy (non-hydrogen) atoms. The second-order valence-electron chi connectivity index (χ2n) is 5.30. The van der Waals surface area contributed by atoms with Gasteiger partial charge in [0.2, 0.25) is 0 Å². The molecule has 0 saturated heterocycles. The van der Waals surface area contributed by atoms with Crippen molar-refractivity contribution in [3.63, 3.8) is 0 Å². The van der Waals surface area contributed by atoms with Gasteiger partial charge in [0.05, 0.1) is 11.8 Å². The van der Waals surface area contributed by atoms with E-state index in [4.69, 9.17) is 0 Å². The van der Waals surface area contributed by atoms with Gasteiger partial charge >= 0.3 is 0 Å². The number of aliphatic hydroxyl groups excluding tert-OH is 1. The van der Waals surface area contributed by atoms with Gasteiger partial charge < -0.3 is 10.0 Å². The number of benzene rings is 1. The largest absolute Gasteiger partial charge is 0.388 e. The molecule has 0 spiro atoms. The Labute approximate surface area is 120 Å². The van der Waals surface area contributed by atoms with Crippen molar-refractivity contribution in [2.24, 2.45) is 0 Å². The van der Waals surface area contributed by atoms with Crippen molar-refractivity contribution in [1.82, 2.24) is 9.78 Å². The standard InChI is InChI=1S/C16H23N3O/c1-5-19-15(10-12(2)17-19)11-16(20)13-6-8-14(9-7-13)18(3)4/h6-10,16,20H,5,11H2,1-4H3. The minimum Gasteiger partial charge on any atom is -0.388 e. The van der Waals surface area contributed by atoms with Crippen LogP contribution < -0.4 is 4.90 Å². The Kier molecular flexibility index (Phi) is 4.45. The van der Waals surface area contributed by atoms with Crippen LogP contribution in [0.2, 0.25) is 0 Å². The van der Waals surface area contributed by atoms with Gasteiger partial charge in [0, 0.05) is 38.4 Å². The van der Waals surface area contributed by atoms with Crippen LogP contribution in [0.3, 0.4) is 0 Å². The molecule has 0 saturated carbocycles. The lowest BCUT2D eigenvalue weighted by atomic mass is 10.0. The van der Waals surface area contributed by atoms with Crippen LogP contribution in [0.1, 0.15) is 30.0 Å². The monoisotopic (exact) mass is 273 g/mol. The molecule has 0 aliphatic heterocycles. The normalized spacial score (nSPS) is 12.4. The quantitative estimate of drug-likeness (QED) is 0.910. The summed E-state index contributed by atoms with van der Waals surface area (Å²) in [6, 6.07) is 10.1. The van der Waals surface area contributed by atoms with Crippen molar-refractivity contribution < 1.29 is 5.11 Å². The lowest BCUT2D eigenvalue weighted by Crippen LogP contribution is -2.10. The van der Waals surface area contributed by atoms with E-state index in [-0.39, 0.29) is 0 Å². The van der Waals surface area contributed by atoms with Crippen LogP contribution in [0.15, 0.2) is 30.3 Å². The maximum absolute atomic E-state index is 10.4. The Morgan fingerprint density at radius 1 is 1.25 bits per heavy atom. The fourth-order valence-electron chi connectivity index (χ4n) is 2.35. The summed E-state index contributed by atoms with van der Waals surface area (Å²) in [4.78, 5) is 2.05. The third kappa shape index (κ3) is 3.20. The fourth-order valence-corrected chi connectivity index (χ4v) is 2.35. The number of aryl methyl sites for hydroxylation is 2. The number of nitrogens with zero attached hydrogens (tertiary/aromatic N) is 3. The van der Waals surface area contributed by atoms with Crippen molar-refractivity contribution in [2.75, 3.05) is 19.0 Å². The maximum Gasteiger partial charge on any atom is 0.0845 e. The lowest BCUT2D eigenvalue weighted by Gasteiger charge is -2.15. The molecule has 0 fully saturated rings. The molecule has 0 radical (unpaired) electrons. The van der Waals surface area contributed by atoms with Crippen molar-refractivity contribution >= 4 is 5.69 Å². The first-order valence-corrected chi connectivity index (χ1v) is 7.00. The highest BCUT2D eigenvalue weighted by atomic mass is 16.3. The molecule has 0 amide bonds. The lowest BCUT2D eigenvalue weighted by molar-refractivity contribution is 0.175.